The van der Waals surface area contributed by atoms with Gasteiger partial charge in [-0.05, 0) is 70.5 Å². The summed E-state index contributed by atoms with van der Waals surface area (Å²) in [6.45, 7) is 12.9. The highest BCUT2D eigenvalue weighted by molar-refractivity contribution is 5.98. The fourth-order valence-corrected chi connectivity index (χ4v) is 8.38. The Morgan fingerprint density at radius 1 is 0.492 bits per heavy atom. The van der Waals surface area contributed by atoms with E-state index in [1.807, 2.05) is 84.9 Å². The van der Waals surface area contributed by atoms with E-state index in [0.717, 1.165) is 38.9 Å². The number of carbonyl (C=O) groups is 2. The number of aromatic hydroxyl groups is 1. The fourth-order valence-electron chi connectivity index (χ4n) is 8.38. The lowest BCUT2D eigenvalue weighted by Gasteiger charge is -2.37. The van der Waals surface area contributed by atoms with E-state index in [2.05, 4.69) is 53.7 Å². The van der Waals surface area contributed by atoms with Crippen LogP contribution in [0.4, 0.5) is 0 Å². The fraction of sp³-hybridized carbons (Fsp3) is 0.255. The van der Waals surface area contributed by atoms with E-state index < -0.39 is 11.2 Å². The first-order chi connectivity index (χ1) is 27.1. The molecule has 4 aliphatic rings. The lowest BCUT2D eigenvalue weighted by Crippen LogP contribution is -2.33. The van der Waals surface area contributed by atoms with Crippen molar-refractivity contribution in [3.05, 3.63) is 177 Å². The molecule has 8 heteroatoms. The molecular formula is C51H50O8. The summed E-state index contributed by atoms with van der Waals surface area (Å²) >= 11 is 0. The van der Waals surface area contributed by atoms with Crippen LogP contribution in [0, 0.1) is 0 Å². The number of esters is 2. The maximum absolute atomic E-state index is 12.8. The summed E-state index contributed by atoms with van der Waals surface area (Å²) in [6, 6.07) is 37.8. The number of phenols is 1. The zero-order chi connectivity index (χ0) is 40.1. The minimum absolute atomic E-state index is 0. The summed E-state index contributed by atoms with van der Waals surface area (Å²) in [5, 5.41) is 10.0. The predicted molar refractivity (Wildman–Crippen MR) is 228 cm³/mol. The maximum Gasteiger partial charge on any atom is 0.340 e. The van der Waals surface area contributed by atoms with Gasteiger partial charge in [0.15, 0.2) is 11.2 Å². The van der Waals surface area contributed by atoms with Crippen LogP contribution in [0.3, 0.4) is 0 Å². The molecule has 0 amide bonds. The summed E-state index contributed by atoms with van der Waals surface area (Å²) in [5.74, 6) is 2.56. The molecule has 4 aliphatic heterocycles. The Morgan fingerprint density at radius 3 is 1.32 bits per heavy atom. The van der Waals surface area contributed by atoms with Gasteiger partial charge in [0, 0.05) is 45.5 Å². The molecule has 2 atom stereocenters. The second-order valence-electron chi connectivity index (χ2n) is 16.9. The summed E-state index contributed by atoms with van der Waals surface area (Å²) in [6.07, 6.45) is 0. The summed E-state index contributed by atoms with van der Waals surface area (Å²) in [5.41, 5.74) is 5.95. The van der Waals surface area contributed by atoms with Crippen molar-refractivity contribution in [2.75, 3.05) is 7.11 Å². The van der Waals surface area contributed by atoms with Crippen molar-refractivity contribution in [3.8, 4) is 34.5 Å². The Morgan fingerprint density at radius 2 is 0.881 bits per heavy atom. The van der Waals surface area contributed by atoms with Crippen molar-refractivity contribution in [3.63, 3.8) is 0 Å². The van der Waals surface area contributed by atoms with Crippen LogP contribution in [-0.2, 0) is 31.5 Å². The first kappa shape index (κ1) is 40.6. The summed E-state index contributed by atoms with van der Waals surface area (Å²) in [7, 11) is 1.62. The van der Waals surface area contributed by atoms with E-state index in [9.17, 15) is 14.7 Å². The number of benzene rings is 6. The zero-order valence-corrected chi connectivity index (χ0v) is 32.9. The van der Waals surface area contributed by atoms with Gasteiger partial charge in [-0.15, -0.1) is 0 Å². The quantitative estimate of drug-likeness (QED) is 0.164. The molecule has 0 bridgehead atoms. The largest absolute Gasteiger partial charge is 0.508 e. The van der Waals surface area contributed by atoms with Crippen molar-refractivity contribution in [1.29, 1.82) is 0 Å². The Kier molecular flexibility index (Phi) is 9.70. The molecule has 6 aromatic carbocycles. The summed E-state index contributed by atoms with van der Waals surface area (Å²) in [4.78, 5) is 25.6. The van der Waals surface area contributed by atoms with Crippen LogP contribution < -0.4 is 14.2 Å². The number of carbonyl (C=O) groups excluding carboxylic acids is 2. The Hall–Kier alpha value is -6.54. The SMILES string of the molecule is C.C.CC(C)(C)c1ccc2c(c1)Oc1cc(O)ccc1C21OC(=O)c2ccccc21.COc1ccc2c(c1)Oc1cc(C(C)(C)C)ccc1C21OC(=O)c2ccccc21. The zero-order valence-electron chi connectivity index (χ0n) is 32.9. The number of phenolic OH excluding ortho intramolecular Hbond substituents is 1. The number of ether oxygens (including phenoxy) is 5. The van der Waals surface area contributed by atoms with E-state index in [-0.39, 0.29) is 43.4 Å². The van der Waals surface area contributed by atoms with E-state index in [1.54, 1.807) is 31.4 Å². The van der Waals surface area contributed by atoms with E-state index >= 15 is 0 Å². The number of methoxy groups -OCH3 is 1. The van der Waals surface area contributed by atoms with Crippen LogP contribution in [0.2, 0.25) is 0 Å². The van der Waals surface area contributed by atoms with E-state index in [4.69, 9.17) is 23.7 Å². The molecule has 8 nitrogen and oxygen atoms in total. The Bertz CT molecular complexity index is 2660. The average molecular weight is 791 g/mol. The number of rotatable bonds is 1. The molecule has 2 spiro atoms. The minimum Gasteiger partial charge on any atom is -0.508 e. The predicted octanol–water partition coefficient (Wildman–Crippen LogP) is 12.1. The van der Waals surface area contributed by atoms with Crippen LogP contribution in [-0.4, -0.2) is 24.2 Å². The van der Waals surface area contributed by atoms with Gasteiger partial charge in [0.25, 0.3) is 0 Å². The van der Waals surface area contributed by atoms with Crippen LogP contribution in [0.15, 0.2) is 121 Å². The number of fused-ring (bicyclic) bond motifs is 12. The standard InChI is InChI=1S/C25H22O4.C24H20O4.2CH4/c1-24(2,3)15-9-11-19-21(13-15)28-22-14-16(27-4)10-12-20(22)25(19)18-8-6-5-7-17(18)23(26)29-25;1-23(2,3)14-8-10-18-20(12-14)27-21-13-15(25)9-11-19(21)24(18)17-7-5-4-6-16(17)22(26)28-24;;/h5-14H,1-4H3;4-13,25H,1-3H3;2*1H4. The first-order valence-electron chi connectivity index (χ1n) is 19.0. The second-order valence-corrected chi connectivity index (χ2v) is 16.9. The van der Waals surface area contributed by atoms with Gasteiger partial charge in [-0.2, -0.15) is 0 Å². The van der Waals surface area contributed by atoms with Crippen molar-refractivity contribution < 1.29 is 38.4 Å². The molecule has 1 N–H and O–H groups in total. The highest BCUT2D eigenvalue weighted by Crippen LogP contribution is 2.58. The van der Waals surface area contributed by atoms with Gasteiger partial charge in [0.2, 0.25) is 0 Å². The van der Waals surface area contributed by atoms with Crippen molar-refractivity contribution in [2.24, 2.45) is 0 Å². The maximum atomic E-state index is 12.8. The van der Waals surface area contributed by atoms with Crippen molar-refractivity contribution >= 4 is 11.9 Å². The Labute approximate surface area is 346 Å². The monoisotopic (exact) mass is 790 g/mol. The van der Waals surface area contributed by atoms with Gasteiger partial charge < -0.3 is 28.8 Å². The molecule has 6 aromatic rings. The second kappa shape index (κ2) is 14.1. The van der Waals surface area contributed by atoms with E-state index in [1.165, 1.54) is 0 Å². The molecule has 0 radical (unpaired) electrons. The topological polar surface area (TPSA) is 101 Å². The molecule has 2 unspecified atom stereocenters. The van der Waals surface area contributed by atoms with Crippen LogP contribution in [0.5, 0.6) is 34.5 Å². The minimum atomic E-state index is -1.08. The van der Waals surface area contributed by atoms with E-state index in [0.29, 0.717) is 45.4 Å². The van der Waals surface area contributed by atoms with Gasteiger partial charge in [-0.3, -0.25) is 0 Å². The first-order valence-corrected chi connectivity index (χ1v) is 19.0. The molecule has 0 aliphatic carbocycles. The molecule has 302 valence electrons. The molecule has 0 aromatic heterocycles. The number of hydrogen-bond donors (Lipinski definition) is 1. The highest BCUT2D eigenvalue weighted by Gasteiger charge is 2.55. The average Bonchev–Trinajstić information content (AvgIpc) is 3.65. The van der Waals surface area contributed by atoms with Crippen LogP contribution >= 0.6 is 0 Å². The molecule has 0 fully saturated rings. The third-order valence-electron chi connectivity index (χ3n) is 11.4. The van der Waals surface area contributed by atoms with Gasteiger partial charge in [-0.25, -0.2) is 9.59 Å². The number of hydrogen-bond acceptors (Lipinski definition) is 8. The van der Waals surface area contributed by atoms with Gasteiger partial charge in [-0.1, -0.05) is 117 Å². The molecule has 59 heavy (non-hydrogen) atoms. The lowest BCUT2D eigenvalue weighted by atomic mass is 9.76. The smallest absolute Gasteiger partial charge is 0.340 e. The Balaban J connectivity index is 0.000000173. The van der Waals surface area contributed by atoms with Gasteiger partial charge >= 0.3 is 11.9 Å². The summed E-state index contributed by atoms with van der Waals surface area (Å²) < 4.78 is 30.1. The lowest BCUT2D eigenvalue weighted by molar-refractivity contribution is 0.0214. The third kappa shape index (κ3) is 6.12. The highest BCUT2D eigenvalue weighted by atomic mass is 16.6. The molecule has 10 rings (SSSR count). The molecule has 0 saturated heterocycles. The third-order valence-corrected chi connectivity index (χ3v) is 11.4. The van der Waals surface area contributed by atoms with Gasteiger partial charge in [0.1, 0.15) is 34.5 Å². The van der Waals surface area contributed by atoms with Crippen molar-refractivity contribution in [2.45, 2.75) is 78.4 Å². The van der Waals surface area contributed by atoms with Crippen molar-refractivity contribution in [1.82, 2.24) is 0 Å². The van der Waals surface area contributed by atoms with Crippen LogP contribution in [0.1, 0.15) is 122 Å². The van der Waals surface area contributed by atoms with Crippen LogP contribution in [0.25, 0.3) is 0 Å². The molecule has 4 heterocycles. The van der Waals surface area contributed by atoms with Gasteiger partial charge in [0.05, 0.1) is 18.2 Å². The normalized spacial score (nSPS) is 18.6. The molecular weight excluding hydrogens is 741 g/mol. The molecule has 0 saturated carbocycles.